The Balaban J connectivity index is 2.33. The summed E-state index contributed by atoms with van der Waals surface area (Å²) in [6.07, 6.45) is 0. The first-order valence-corrected chi connectivity index (χ1v) is 6.25. The van der Waals surface area contributed by atoms with Crippen molar-refractivity contribution in [3.63, 3.8) is 0 Å². The second-order valence-corrected chi connectivity index (χ2v) is 3.88. The molecule has 0 saturated carbocycles. The van der Waals surface area contributed by atoms with Crippen molar-refractivity contribution in [2.45, 2.75) is 6.92 Å². The number of nitrogens with zero attached hydrogens (tertiary/aromatic N) is 2. The number of anilines is 1. The first-order valence-electron chi connectivity index (χ1n) is 6.25. The molecule has 0 unspecified atom stereocenters. The van der Waals surface area contributed by atoms with Crippen LogP contribution < -0.4 is 10.1 Å². The van der Waals surface area contributed by atoms with Crippen molar-refractivity contribution < 1.29 is 9.84 Å². The summed E-state index contributed by atoms with van der Waals surface area (Å²) >= 11 is 0. The summed E-state index contributed by atoms with van der Waals surface area (Å²) in [4.78, 5) is 8.78. The second-order valence-electron chi connectivity index (χ2n) is 3.88. The number of aromatic nitrogens is 2. The molecule has 0 radical (unpaired) electrons. The molecule has 2 rings (SSSR count). The lowest BCUT2D eigenvalue weighted by Crippen LogP contribution is -2.07. The quantitative estimate of drug-likeness (QED) is 0.830. The van der Waals surface area contributed by atoms with E-state index >= 15 is 0 Å². The van der Waals surface area contributed by atoms with Gasteiger partial charge >= 0.3 is 0 Å². The molecule has 0 fully saturated rings. The summed E-state index contributed by atoms with van der Waals surface area (Å²) in [5.41, 5.74) is 0.927. The van der Waals surface area contributed by atoms with Gasteiger partial charge in [0.1, 0.15) is 12.4 Å². The van der Waals surface area contributed by atoms with E-state index < -0.39 is 0 Å². The van der Waals surface area contributed by atoms with Crippen LogP contribution in [0.25, 0.3) is 11.4 Å². The van der Waals surface area contributed by atoms with Crippen LogP contribution >= 0.6 is 0 Å². The minimum absolute atomic E-state index is 0.0405. The first-order chi connectivity index (χ1) is 9.33. The van der Waals surface area contributed by atoms with E-state index in [2.05, 4.69) is 15.3 Å². The topological polar surface area (TPSA) is 67.3 Å². The van der Waals surface area contributed by atoms with Gasteiger partial charge in [0.05, 0.1) is 6.61 Å². The number of aliphatic hydroxyl groups is 1. The molecule has 100 valence electrons. The van der Waals surface area contributed by atoms with E-state index in [0.717, 1.165) is 12.1 Å². The summed E-state index contributed by atoms with van der Waals surface area (Å²) < 4.78 is 5.36. The molecule has 2 N–H and O–H groups in total. The van der Waals surface area contributed by atoms with E-state index in [4.69, 9.17) is 9.84 Å². The standard InChI is InChI=1S/C14H17N3O2/c1-2-15-12-10-13(19-9-8-18)17-14(16-12)11-6-4-3-5-7-11/h3-7,10,18H,2,8-9H2,1H3,(H,15,16,17). The molecule has 5 heteroatoms. The highest BCUT2D eigenvalue weighted by atomic mass is 16.5. The van der Waals surface area contributed by atoms with Gasteiger partial charge in [-0.05, 0) is 6.92 Å². The van der Waals surface area contributed by atoms with Crippen LogP contribution in [0.5, 0.6) is 5.88 Å². The van der Waals surface area contributed by atoms with E-state index in [9.17, 15) is 0 Å². The van der Waals surface area contributed by atoms with Gasteiger partial charge in [-0.1, -0.05) is 30.3 Å². The Morgan fingerprint density at radius 1 is 1.21 bits per heavy atom. The largest absolute Gasteiger partial charge is 0.475 e. The number of hydrogen-bond acceptors (Lipinski definition) is 5. The Kier molecular flexibility index (Phi) is 4.69. The van der Waals surface area contributed by atoms with Crippen molar-refractivity contribution in [2.24, 2.45) is 0 Å². The molecule has 0 aliphatic rings. The molecule has 1 aromatic carbocycles. The number of hydrogen-bond donors (Lipinski definition) is 2. The zero-order chi connectivity index (χ0) is 13.5. The summed E-state index contributed by atoms with van der Waals surface area (Å²) in [6.45, 7) is 2.95. The monoisotopic (exact) mass is 259 g/mol. The fourth-order valence-corrected chi connectivity index (χ4v) is 1.64. The van der Waals surface area contributed by atoms with Crippen molar-refractivity contribution >= 4 is 5.82 Å². The average molecular weight is 259 g/mol. The van der Waals surface area contributed by atoms with Crippen LogP contribution in [0.1, 0.15) is 6.92 Å². The van der Waals surface area contributed by atoms with Gasteiger partial charge in [0.2, 0.25) is 5.88 Å². The van der Waals surface area contributed by atoms with E-state index in [-0.39, 0.29) is 13.2 Å². The van der Waals surface area contributed by atoms with Crippen molar-refractivity contribution in [1.82, 2.24) is 9.97 Å². The van der Waals surface area contributed by atoms with Gasteiger partial charge in [-0.2, -0.15) is 4.98 Å². The average Bonchev–Trinajstić information content (AvgIpc) is 2.46. The summed E-state index contributed by atoms with van der Waals surface area (Å²) in [5.74, 6) is 1.77. The maximum atomic E-state index is 8.80. The van der Waals surface area contributed by atoms with Crippen molar-refractivity contribution in [1.29, 1.82) is 0 Å². The van der Waals surface area contributed by atoms with Gasteiger partial charge in [0, 0.05) is 18.2 Å². The summed E-state index contributed by atoms with van der Waals surface area (Å²) in [7, 11) is 0. The molecule has 0 amide bonds. The van der Waals surface area contributed by atoms with Crippen LogP contribution in [0.15, 0.2) is 36.4 Å². The third-order valence-corrected chi connectivity index (χ3v) is 2.43. The summed E-state index contributed by atoms with van der Waals surface area (Å²) in [5, 5.41) is 11.9. The smallest absolute Gasteiger partial charge is 0.219 e. The molecule has 1 aromatic heterocycles. The molecule has 0 aliphatic carbocycles. The lowest BCUT2D eigenvalue weighted by Gasteiger charge is -2.09. The number of aliphatic hydroxyl groups excluding tert-OH is 1. The van der Waals surface area contributed by atoms with Crippen molar-refractivity contribution in [3.8, 4) is 17.3 Å². The molecule has 0 bridgehead atoms. The fraction of sp³-hybridized carbons (Fsp3) is 0.286. The zero-order valence-electron chi connectivity index (χ0n) is 10.8. The fourth-order valence-electron chi connectivity index (χ4n) is 1.64. The van der Waals surface area contributed by atoms with Gasteiger partial charge < -0.3 is 15.2 Å². The Labute approximate surface area is 112 Å². The molecular formula is C14H17N3O2. The third-order valence-electron chi connectivity index (χ3n) is 2.43. The van der Waals surface area contributed by atoms with Gasteiger partial charge in [0.25, 0.3) is 0 Å². The van der Waals surface area contributed by atoms with Gasteiger partial charge in [-0.3, -0.25) is 0 Å². The Morgan fingerprint density at radius 2 is 2.00 bits per heavy atom. The van der Waals surface area contributed by atoms with Crippen LogP contribution in [0.3, 0.4) is 0 Å². The highest BCUT2D eigenvalue weighted by Crippen LogP contribution is 2.21. The molecule has 19 heavy (non-hydrogen) atoms. The number of rotatable bonds is 6. The SMILES string of the molecule is CCNc1cc(OCCO)nc(-c2ccccc2)n1. The van der Waals surface area contributed by atoms with E-state index in [0.29, 0.717) is 17.5 Å². The number of nitrogens with one attached hydrogen (secondary N) is 1. The molecule has 0 atom stereocenters. The van der Waals surface area contributed by atoms with E-state index in [1.54, 1.807) is 6.07 Å². The van der Waals surface area contributed by atoms with Crippen LogP contribution in [0.2, 0.25) is 0 Å². The molecular weight excluding hydrogens is 242 g/mol. The van der Waals surface area contributed by atoms with Crippen LogP contribution in [-0.4, -0.2) is 34.8 Å². The Hall–Kier alpha value is -2.14. The predicted molar refractivity (Wildman–Crippen MR) is 74.2 cm³/mol. The summed E-state index contributed by atoms with van der Waals surface area (Å²) in [6, 6.07) is 11.4. The van der Waals surface area contributed by atoms with Gasteiger partial charge in [-0.15, -0.1) is 0 Å². The molecule has 5 nitrogen and oxygen atoms in total. The molecule has 2 aromatic rings. The Morgan fingerprint density at radius 3 is 2.68 bits per heavy atom. The maximum absolute atomic E-state index is 8.80. The minimum atomic E-state index is -0.0405. The predicted octanol–water partition coefficient (Wildman–Crippen LogP) is 1.95. The van der Waals surface area contributed by atoms with Gasteiger partial charge in [-0.25, -0.2) is 4.98 Å². The highest BCUT2D eigenvalue weighted by molar-refractivity contribution is 5.58. The lowest BCUT2D eigenvalue weighted by molar-refractivity contribution is 0.196. The van der Waals surface area contributed by atoms with E-state index in [1.807, 2.05) is 37.3 Å². The molecule has 1 heterocycles. The van der Waals surface area contributed by atoms with Crippen molar-refractivity contribution in [2.75, 3.05) is 25.1 Å². The normalized spacial score (nSPS) is 10.2. The lowest BCUT2D eigenvalue weighted by atomic mass is 10.2. The molecule has 0 spiro atoms. The molecule has 0 saturated heterocycles. The first kappa shape index (κ1) is 13.3. The third kappa shape index (κ3) is 3.66. The maximum Gasteiger partial charge on any atom is 0.219 e. The minimum Gasteiger partial charge on any atom is -0.475 e. The number of ether oxygens (including phenoxy) is 1. The van der Waals surface area contributed by atoms with Gasteiger partial charge in [0.15, 0.2) is 5.82 Å². The second kappa shape index (κ2) is 6.70. The van der Waals surface area contributed by atoms with Crippen molar-refractivity contribution in [3.05, 3.63) is 36.4 Å². The van der Waals surface area contributed by atoms with E-state index in [1.165, 1.54) is 0 Å². The Bertz CT molecular complexity index is 517. The highest BCUT2D eigenvalue weighted by Gasteiger charge is 2.07. The van der Waals surface area contributed by atoms with Crippen LogP contribution in [0, 0.1) is 0 Å². The van der Waals surface area contributed by atoms with Crippen LogP contribution in [-0.2, 0) is 0 Å². The number of benzene rings is 1. The zero-order valence-corrected chi connectivity index (χ0v) is 10.8. The van der Waals surface area contributed by atoms with Crippen LogP contribution in [0.4, 0.5) is 5.82 Å². The molecule has 0 aliphatic heterocycles.